The molecule has 0 saturated heterocycles. The molecule has 0 spiro atoms. The molecule has 0 unspecified atom stereocenters. The molecule has 2 aromatic carbocycles. The number of thiazole rings is 1. The first kappa shape index (κ1) is 20.6. The third kappa shape index (κ3) is 4.71. The average Bonchev–Trinajstić information content (AvgIpc) is 3.36. The zero-order valence-corrected chi connectivity index (χ0v) is 18.6. The number of rotatable bonds is 7. The van der Waals surface area contributed by atoms with Crippen LogP contribution in [0.25, 0.3) is 10.2 Å². The lowest BCUT2D eigenvalue weighted by Crippen LogP contribution is -2.33. The SMILES string of the molecule is Cc1cc(C)c2sc(N(CCCn3ccnc3)C(=O)Cc3ccc(Cl)cc3)nc2c1. The summed E-state index contributed by atoms with van der Waals surface area (Å²) < 4.78 is 3.16. The van der Waals surface area contributed by atoms with Gasteiger partial charge in [-0.25, -0.2) is 9.97 Å². The molecular formula is C23H23ClN4OS. The fraction of sp³-hybridized carbons (Fsp3) is 0.261. The van der Waals surface area contributed by atoms with Crippen molar-refractivity contribution in [2.24, 2.45) is 0 Å². The smallest absolute Gasteiger partial charge is 0.233 e. The minimum Gasteiger partial charge on any atom is -0.337 e. The summed E-state index contributed by atoms with van der Waals surface area (Å²) in [5.41, 5.74) is 4.26. The van der Waals surface area contributed by atoms with E-state index >= 15 is 0 Å². The number of benzene rings is 2. The van der Waals surface area contributed by atoms with Crippen molar-refractivity contribution >= 4 is 44.2 Å². The average molecular weight is 439 g/mol. The molecule has 0 aliphatic carbocycles. The minimum atomic E-state index is 0.0383. The summed E-state index contributed by atoms with van der Waals surface area (Å²) in [6.45, 7) is 5.56. The fourth-order valence-electron chi connectivity index (χ4n) is 3.51. The number of nitrogens with zero attached hydrogens (tertiary/aromatic N) is 4. The number of anilines is 1. The normalized spacial score (nSPS) is 11.2. The van der Waals surface area contributed by atoms with Gasteiger partial charge in [-0.1, -0.05) is 41.1 Å². The molecule has 0 bridgehead atoms. The number of hydrogen-bond acceptors (Lipinski definition) is 4. The van der Waals surface area contributed by atoms with Crippen LogP contribution in [0.4, 0.5) is 5.13 Å². The van der Waals surface area contributed by atoms with Gasteiger partial charge in [0.1, 0.15) is 0 Å². The van der Waals surface area contributed by atoms with Crippen molar-refractivity contribution in [3.05, 3.63) is 76.8 Å². The van der Waals surface area contributed by atoms with Crippen molar-refractivity contribution in [2.75, 3.05) is 11.4 Å². The highest BCUT2D eigenvalue weighted by atomic mass is 35.5. The molecule has 7 heteroatoms. The Morgan fingerprint density at radius 2 is 2.00 bits per heavy atom. The van der Waals surface area contributed by atoms with E-state index in [2.05, 4.69) is 31.0 Å². The van der Waals surface area contributed by atoms with Gasteiger partial charge >= 0.3 is 0 Å². The molecule has 5 nitrogen and oxygen atoms in total. The van der Waals surface area contributed by atoms with Gasteiger partial charge in [0.25, 0.3) is 0 Å². The second-order valence-corrected chi connectivity index (χ2v) is 8.84. The molecule has 4 rings (SSSR count). The second-order valence-electron chi connectivity index (χ2n) is 7.43. The first-order valence-electron chi connectivity index (χ1n) is 9.88. The number of hydrogen-bond donors (Lipinski definition) is 0. The highest BCUT2D eigenvalue weighted by Crippen LogP contribution is 2.32. The van der Waals surface area contributed by atoms with Gasteiger partial charge < -0.3 is 4.57 Å². The van der Waals surface area contributed by atoms with Crippen molar-refractivity contribution in [1.82, 2.24) is 14.5 Å². The first-order chi connectivity index (χ1) is 14.5. The molecule has 0 atom stereocenters. The van der Waals surface area contributed by atoms with Crippen LogP contribution in [0.15, 0.2) is 55.1 Å². The number of amides is 1. The third-order valence-corrected chi connectivity index (χ3v) is 6.45. The maximum absolute atomic E-state index is 13.3. The number of aryl methyl sites for hydroxylation is 3. The van der Waals surface area contributed by atoms with Crippen molar-refractivity contribution in [1.29, 1.82) is 0 Å². The molecule has 1 amide bonds. The number of aromatic nitrogens is 3. The standard InChI is InChI=1S/C23H23ClN4OS/c1-16-12-17(2)22-20(13-16)26-23(30-22)28(10-3-9-27-11-8-25-15-27)21(29)14-18-4-6-19(24)7-5-18/h4-8,11-13,15H,3,9-10,14H2,1-2H3. The van der Waals surface area contributed by atoms with Crippen LogP contribution in [0.5, 0.6) is 0 Å². The summed E-state index contributed by atoms with van der Waals surface area (Å²) in [6.07, 6.45) is 6.63. The van der Waals surface area contributed by atoms with Gasteiger partial charge in [-0.15, -0.1) is 0 Å². The number of imidazole rings is 1. The zero-order valence-electron chi connectivity index (χ0n) is 17.0. The van der Waals surface area contributed by atoms with E-state index in [9.17, 15) is 4.79 Å². The van der Waals surface area contributed by atoms with Gasteiger partial charge in [-0.3, -0.25) is 9.69 Å². The molecule has 2 aromatic heterocycles. The molecule has 4 aromatic rings. The predicted octanol–water partition coefficient (Wildman–Crippen LogP) is 5.43. The van der Waals surface area contributed by atoms with Gasteiger partial charge in [0, 0.05) is 30.5 Å². The Morgan fingerprint density at radius 1 is 1.20 bits per heavy atom. The molecule has 2 heterocycles. The van der Waals surface area contributed by atoms with Crippen LogP contribution >= 0.6 is 22.9 Å². The van der Waals surface area contributed by atoms with E-state index in [0.29, 0.717) is 18.0 Å². The monoisotopic (exact) mass is 438 g/mol. The Labute approximate surface area is 185 Å². The van der Waals surface area contributed by atoms with Crippen LogP contribution in [0.2, 0.25) is 5.02 Å². The zero-order chi connectivity index (χ0) is 21.1. The fourth-order valence-corrected chi connectivity index (χ4v) is 4.69. The maximum Gasteiger partial charge on any atom is 0.233 e. The number of carbonyl (C=O) groups excluding carboxylic acids is 1. The molecule has 0 saturated carbocycles. The molecule has 0 aliphatic rings. The lowest BCUT2D eigenvalue weighted by molar-refractivity contribution is -0.118. The Balaban J connectivity index is 1.59. The minimum absolute atomic E-state index is 0.0383. The number of fused-ring (bicyclic) bond motifs is 1. The summed E-state index contributed by atoms with van der Waals surface area (Å²) in [5, 5.41) is 1.42. The third-order valence-electron chi connectivity index (χ3n) is 4.97. The summed E-state index contributed by atoms with van der Waals surface area (Å²) in [5.74, 6) is 0.0383. The topological polar surface area (TPSA) is 51.0 Å². The molecule has 0 fully saturated rings. The van der Waals surface area contributed by atoms with Gasteiger partial charge in [-0.2, -0.15) is 0 Å². The van der Waals surface area contributed by atoms with Crippen molar-refractivity contribution in [3.63, 3.8) is 0 Å². The molecule has 0 N–H and O–H groups in total. The van der Waals surface area contributed by atoms with Gasteiger partial charge in [0.2, 0.25) is 5.91 Å². The van der Waals surface area contributed by atoms with Crippen LogP contribution in [-0.2, 0) is 17.8 Å². The molecule has 0 aliphatic heterocycles. The Morgan fingerprint density at radius 3 is 2.73 bits per heavy atom. The molecular weight excluding hydrogens is 416 g/mol. The Kier molecular flexibility index (Phi) is 6.16. The maximum atomic E-state index is 13.3. The summed E-state index contributed by atoms with van der Waals surface area (Å²) >= 11 is 7.57. The lowest BCUT2D eigenvalue weighted by atomic mass is 10.1. The van der Waals surface area contributed by atoms with Crippen LogP contribution < -0.4 is 4.90 Å². The van der Waals surface area contributed by atoms with Gasteiger partial charge in [-0.05, 0) is 55.2 Å². The highest BCUT2D eigenvalue weighted by Gasteiger charge is 2.20. The highest BCUT2D eigenvalue weighted by molar-refractivity contribution is 7.22. The summed E-state index contributed by atoms with van der Waals surface area (Å²) in [7, 11) is 0. The van der Waals surface area contributed by atoms with Crippen molar-refractivity contribution in [2.45, 2.75) is 33.2 Å². The predicted molar refractivity (Wildman–Crippen MR) is 123 cm³/mol. The Bertz CT molecular complexity index is 1150. The van der Waals surface area contributed by atoms with E-state index in [0.717, 1.165) is 33.9 Å². The van der Waals surface area contributed by atoms with Gasteiger partial charge in [0.15, 0.2) is 5.13 Å². The Hall–Kier alpha value is -2.70. The van der Waals surface area contributed by atoms with E-state index in [1.807, 2.05) is 39.9 Å². The van der Waals surface area contributed by atoms with Crippen LogP contribution in [-0.4, -0.2) is 27.0 Å². The largest absolute Gasteiger partial charge is 0.337 e. The van der Waals surface area contributed by atoms with E-state index < -0.39 is 0 Å². The van der Waals surface area contributed by atoms with Crippen molar-refractivity contribution < 1.29 is 4.79 Å². The van der Waals surface area contributed by atoms with Crippen molar-refractivity contribution in [3.8, 4) is 0 Å². The van der Waals surface area contributed by atoms with Crippen LogP contribution in [0, 0.1) is 13.8 Å². The summed E-state index contributed by atoms with van der Waals surface area (Å²) in [6, 6.07) is 11.7. The first-order valence-corrected chi connectivity index (χ1v) is 11.1. The summed E-state index contributed by atoms with van der Waals surface area (Å²) in [4.78, 5) is 24.0. The lowest BCUT2D eigenvalue weighted by Gasteiger charge is -2.20. The van der Waals surface area contributed by atoms with E-state index in [1.165, 1.54) is 11.1 Å². The molecule has 0 radical (unpaired) electrons. The van der Waals surface area contributed by atoms with E-state index in [4.69, 9.17) is 16.6 Å². The number of carbonyl (C=O) groups is 1. The van der Waals surface area contributed by atoms with Crippen LogP contribution in [0.1, 0.15) is 23.1 Å². The molecule has 154 valence electrons. The second kappa shape index (κ2) is 8.98. The van der Waals surface area contributed by atoms with Crippen LogP contribution in [0.3, 0.4) is 0 Å². The van der Waals surface area contributed by atoms with Gasteiger partial charge in [0.05, 0.1) is 23.0 Å². The number of halogens is 1. The van der Waals surface area contributed by atoms with E-state index in [-0.39, 0.29) is 5.91 Å². The van der Waals surface area contributed by atoms with E-state index in [1.54, 1.807) is 23.9 Å². The molecule has 30 heavy (non-hydrogen) atoms. The quantitative estimate of drug-likeness (QED) is 0.386.